The van der Waals surface area contributed by atoms with Gasteiger partial charge in [-0.1, -0.05) is 6.07 Å². The summed E-state index contributed by atoms with van der Waals surface area (Å²) in [6, 6.07) is 5.63. The third-order valence-corrected chi connectivity index (χ3v) is 6.01. The number of benzene rings is 1. The molecule has 164 valence electrons. The second-order valence-electron chi connectivity index (χ2n) is 8.00. The van der Waals surface area contributed by atoms with Crippen LogP contribution in [0.5, 0.6) is 11.5 Å². The number of ether oxygens (including phenoxy) is 2. The zero-order valence-electron chi connectivity index (χ0n) is 17.4. The van der Waals surface area contributed by atoms with Gasteiger partial charge in [0.05, 0.1) is 25.0 Å². The van der Waals surface area contributed by atoms with Crippen LogP contribution < -0.4 is 14.5 Å². The fourth-order valence-corrected chi connectivity index (χ4v) is 4.55. The molecule has 0 spiro atoms. The largest absolute Gasteiger partial charge is 0.628 e. The minimum atomic E-state index is -1.09. The predicted molar refractivity (Wildman–Crippen MR) is 112 cm³/mol. The van der Waals surface area contributed by atoms with E-state index >= 15 is 0 Å². The van der Waals surface area contributed by atoms with Crippen molar-refractivity contribution in [3.8, 4) is 11.5 Å². The van der Waals surface area contributed by atoms with Crippen molar-refractivity contribution in [2.24, 2.45) is 0 Å². The average Bonchev–Trinajstić information content (AvgIpc) is 3.35. The normalized spacial score (nSPS) is 21.7. The molecule has 1 saturated carbocycles. The first-order valence-corrected chi connectivity index (χ1v) is 10.7. The molecule has 4 rings (SSSR count). The lowest BCUT2D eigenvalue weighted by molar-refractivity contribution is -0.792. The highest BCUT2D eigenvalue weighted by atomic mass is 16.5. The number of carboxylic acid groups (broad SMARTS) is 1. The fraction of sp³-hybridized carbons (Fsp3) is 0.435. The van der Waals surface area contributed by atoms with E-state index in [1.54, 1.807) is 18.2 Å². The van der Waals surface area contributed by atoms with Gasteiger partial charge in [0, 0.05) is 18.5 Å². The summed E-state index contributed by atoms with van der Waals surface area (Å²) in [5.41, 5.74) is 1.11. The van der Waals surface area contributed by atoms with Gasteiger partial charge in [0.15, 0.2) is 17.5 Å². The second kappa shape index (κ2) is 9.03. The topological polar surface area (TPSA) is 113 Å². The monoisotopic (exact) mass is 426 g/mol. The van der Waals surface area contributed by atoms with Crippen LogP contribution in [-0.2, 0) is 4.79 Å². The van der Waals surface area contributed by atoms with Gasteiger partial charge in [-0.15, -0.1) is 0 Å². The van der Waals surface area contributed by atoms with Gasteiger partial charge in [0.2, 0.25) is 5.78 Å². The highest BCUT2D eigenvalue weighted by Gasteiger charge is 2.45. The maximum absolute atomic E-state index is 13.0. The molecule has 0 bridgehead atoms. The van der Waals surface area contributed by atoms with Gasteiger partial charge in [-0.05, 0) is 50.3 Å². The Morgan fingerprint density at radius 1 is 1.29 bits per heavy atom. The molecule has 1 aromatic heterocycles. The van der Waals surface area contributed by atoms with E-state index in [-0.39, 0.29) is 28.9 Å². The number of fused-ring (bicyclic) bond motifs is 1. The summed E-state index contributed by atoms with van der Waals surface area (Å²) in [6.45, 7) is 2.26. The highest BCUT2D eigenvalue weighted by Crippen LogP contribution is 2.37. The van der Waals surface area contributed by atoms with E-state index in [9.17, 15) is 19.9 Å². The highest BCUT2D eigenvalue weighted by molar-refractivity contribution is 6.05. The predicted octanol–water partition coefficient (Wildman–Crippen LogP) is 2.64. The minimum Gasteiger partial charge on any atom is -0.628 e. The van der Waals surface area contributed by atoms with Crippen molar-refractivity contribution in [3.05, 3.63) is 53.0 Å². The van der Waals surface area contributed by atoms with Crippen LogP contribution in [0, 0.1) is 5.21 Å². The van der Waals surface area contributed by atoms with Crippen molar-refractivity contribution in [2.45, 2.75) is 57.1 Å². The number of carbonyl (C=O) groups is 2. The van der Waals surface area contributed by atoms with E-state index in [0.29, 0.717) is 29.4 Å². The van der Waals surface area contributed by atoms with Crippen LogP contribution in [-0.4, -0.2) is 40.6 Å². The van der Waals surface area contributed by atoms with Crippen molar-refractivity contribution in [1.29, 1.82) is 0 Å². The van der Waals surface area contributed by atoms with E-state index in [0.717, 1.165) is 25.7 Å². The number of ketones is 1. The summed E-state index contributed by atoms with van der Waals surface area (Å²) in [5, 5.41) is 22.2. The number of nitrogens with one attached hydrogen (secondary N) is 1. The summed E-state index contributed by atoms with van der Waals surface area (Å²) < 4.78 is 11.9. The first-order chi connectivity index (χ1) is 15.0. The number of hydrogen-bond donors (Lipinski definition) is 2. The van der Waals surface area contributed by atoms with E-state index in [1.807, 2.05) is 6.92 Å². The number of quaternary nitrogens is 1. The number of carboxylic acids is 1. The summed E-state index contributed by atoms with van der Waals surface area (Å²) in [6.07, 6.45) is 6.87. The molecule has 2 N–H and O–H groups in total. The second-order valence-corrected chi connectivity index (χ2v) is 8.00. The lowest BCUT2D eigenvalue weighted by Crippen LogP contribution is -3.06. The molecule has 1 fully saturated rings. The molecule has 0 saturated heterocycles. The van der Waals surface area contributed by atoms with Gasteiger partial charge in [0.25, 0.3) is 0 Å². The number of rotatable bonds is 8. The average molecular weight is 426 g/mol. The Balaban J connectivity index is 1.68. The van der Waals surface area contributed by atoms with Crippen LogP contribution >= 0.6 is 0 Å². The molecule has 31 heavy (non-hydrogen) atoms. The van der Waals surface area contributed by atoms with Gasteiger partial charge in [0.1, 0.15) is 11.3 Å². The van der Waals surface area contributed by atoms with Gasteiger partial charge in [-0.2, -0.15) is 0 Å². The van der Waals surface area contributed by atoms with E-state index < -0.39 is 17.9 Å². The first kappa shape index (κ1) is 21.3. The molecule has 2 heterocycles. The van der Waals surface area contributed by atoms with Crippen molar-refractivity contribution >= 4 is 17.4 Å². The van der Waals surface area contributed by atoms with Crippen molar-refractivity contribution in [1.82, 2.24) is 4.98 Å². The number of carbonyl (C=O) groups excluding carboxylic acids is 1. The maximum atomic E-state index is 13.0. The third kappa shape index (κ3) is 4.26. The Kier molecular flexibility index (Phi) is 6.20. The van der Waals surface area contributed by atoms with Crippen molar-refractivity contribution in [2.75, 3.05) is 6.61 Å². The molecular formula is C23H26N2O6. The zero-order chi connectivity index (χ0) is 22.0. The molecule has 8 nitrogen and oxygen atoms in total. The van der Waals surface area contributed by atoms with Crippen LogP contribution in [0.2, 0.25) is 0 Å². The van der Waals surface area contributed by atoms with E-state index in [2.05, 4.69) is 4.98 Å². The molecule has 3 atom stereocenters. The lowest BCUT2D eigenvalue weighted by atomic mass is 9.86. The summed E-state index contributed by atoms with van der Waals surface area (Å²) in [5.74, 6) is -1.18. The van der Waals surface area contributed by atoms with Crippen molar-refractivity contribution in [3.63, 3.8) is 0 Å². The van der Waals surface area contributed by atoms with Gasteiger partial charge in [-0.3, -0.25) is 14.6 Å². The molecule has 8 heteroatoms. The Hall–Kier alpha value is -2.97. The molecule has 3 unspecified atom stereocenters. The Labute approximate surface area is 180 Å². The Morgan fingerprint density at radius 2 is 2.06 bits per heavy atom. The maximum Gasteiger partial charge on any atom is 0.304 e. The number of hydrogen-bond acceptors (Lipinski definition) is 6. The van der Waals surface area contributed by atoms with Crippen LogP contribution in [0.4, 0.5) is 5.69 Å². The number of aliphatic carboxylic acids is 1. The molecule has 1 aliphatic heterocycles. The molecule has 2 aliphatic rings. The zero-order valence-corrected chi connectivity index (χ0v) is 17.4. The van der Waals surface area contributed by atoms with Crippen LogP contribution in [0.25, 0.3) is 0 Å². The number of hydroxylamine groups is 1. The van der Waals surface area contributed by atoms with Gasteiger partial charge >= 0.3 is 5.97 Å². The van der Waals surface area contributed by atoms with E-state index in [1.165, 1.54) is 18.5 Å². The molecular weight excluding hydrogens is 400 g/mol. The molecule has 1 aliphatic carbocycles. The summed E-state index contributed by atoms with van der Waals surface area (Å²) >= 11 is 0. The van der Waals surface area contributed by atoms with Gasteiger partial charge < -0.3 is 24.9 Å². The minimum absolute atomic E-state index is 0.139. The number of aromatic nitrogens is 1. The summed E-state index contributed by atoms with van der Waals surface area (Å²) in [4.78, 5) is 28.6. The molecule has 0 amide bonds. The number of Topliss-reactive ketones (excluding diaryl/α,β-unsaturated/α-hetero) is 1. The Bertz CT molecular complexity index is 972. The molecule has 2 aromatic rings. The van der Waals surface area contributed by atoms with Crippen LogP contribution in [0.15, 0.2) is 36.7 Å². The van der Waals surface area contributed by atoms with Gasteiger partial charge in [-0.25, -0.2) is 0 Å². The SMILES string of the molecule is CCOc1cc(C(CC(=O)O)C2C(=O)c3cnccc3[NH+]2[O-])ccc1OC1CCCC1. The molecule has 0 radical (unpaired) electrons. The third-order valence-electron chi connectivity index (χ3n) is 6.01. The van der Waals surface area contributed by atoms with Crippen molar-refractivity contribution < 1.29 is 29.2 Å². The standard InChI is InChI=1S/C23H26N2O6/c1-2-30-20-11-14(7-8-19(20)31-15-5-3-4-6-15)16(12-21(26)27)22-23(28)17-13-24-10-9-18(17)25(22)29/h7-11,13,15-16,22,25H,2-6,12H2,1H3,(H,26,27). The van der Waals surface area contributed by atoms with E-state index in [4.69, 9.17) is 9.47 Å². The lowest BCUT2D eigenvalue weighted by Gasteiger charge is -2.30. The van der Waals surface area contributed by atoms with Crippen LogP contribution in [0.1, 0.15) is 60.9 Å². The summed E-state index contributed by atoms with van der Waals surface area (Å²) in [7, 11) is 0. The quantitative estimate of drug-likeness (QED) is 0.624. The Morgan fingerprint density at radius 3 is 2.74 bits per heavy atom. The van der Waals surface area contributed by atoms with Crippen LogP contribution in [0.3, 0.4) is 0 Å². The first-order valence-electron chi connectivity index (χ1n) is 10.7. The number of nitrogens with zero attached hydrogens (tertiary/aromatic N) is 1. The smallest absolute Gasteiger partial charge is 0.304 e. The number of pyridine rings is 1. The molecule has 1 aromatic carbocycles. The fourth-order valence-electron chi connectivity index (χ4n) is 4.55.